The third-order valence-electron chi connectivity index (χ3n) is 1.62. The molecule has 0 radical (unpaired) electrons. The van der Waals surface area contributed by atoms with E-state index >= 15 is 0 Å². The Bertz CT molecular complexity index is 87.8. The highest BCUT2D eigenvalue weighted by Crippen LogP contribution is 2.10. The minimum absolute atomic E-state index is 0. The van der Waals surface area contributed by atoms with Gasteiger partial charge in [0, 0.05) is 7.11 Å². The average Bonchev–Trinajstić information content (AvgIpc) is 1.86. The second-order valence-electron chi connectivity index (χ2n) is 2.60. The number of halogens is 1. The first-order valence-electron chi connectivity index (χ1n) is 2.96. The molecule has 0 aromatic heterocycles. The molecule has 0 saturated carbocycles. The smallest absolute Gasteiger partial charge is 0.0795 e. The van der Waals surface area contributed by atoms with Crippen molar-refractivity contribution < 1.29 is 9.84 Å². The lowest BCUT2D eigenvalue weighted by atomic mass is 10.0. The molecule has 0 aliphatic carbocycles. The standard InChI is InChI=1S/C6H15NO2.ClH/c1-6(2,9-3)5(7)4-8;/h5,8H,4,7H2,1-3H3;1H. The van der Waals surface area contributed by atoms with Crippen molar-refractivity contribution in [3.05, 3.63) is 0 Å². The maximum absolute atomic E-state index is 8.60. The van der Waals surface area contributed by atoms with Gasteiger partial charge in [-0.25, -0.2) is 0 Å². The number of methoxy groups -OCH3 is 1. The number of nitrogens with two attached hydrogens (primary N) is 1. The van der Waals surface area contributed by atoms with Crippen LogP contribution in [0.5, 0.6) is 0 Å². The van der Waals surface area contributed by atoms with Crippen LogP contribution >= 0.6 is 12.4 Å². The number of hydrogen-bond acceptors (Lipinski definition) is 3. The minimum Gasteiger partial charge on any atom is -0.395 e. The van der Waals surface area contributed by atoms with E-state index in [9.17, 15) is 0 Å². The SMILES string of the molecule is COC(C)(C)C(N)CO.Cl. The van der Waals surface area contributed by atoms with E-state index in [0.717, 1.165) is 0 Å². The largest absolute Gasteiger partial charge is 0.395 e. The normalized spacial score (nSPS) is 14.1. The Kier molecular flexibility index (Phi) is 6.29. The van der Waals surface area contributed by atoms with Crippen molar-refractivity contribution >= 4 is 12.4 Å². The molecule has 64 valence electrons. The van der Waals surface area contributed by atoms with Gasteiger partial charge in [-0.1, -0.05) is 0 Å². The Morgan fingerprint density at radius 2 is 2.00 bits per heavy atom. The fourth-order valence-corrected chi connectivity index (χ4v) is 0.371. The molecule has 0 amide bonds. The van der Waals surface area contributed by atoms with Gasteiger partial charge >= 0.3 is 0 Å². The fourth-order valence-electron chi connectivity index (χ4n) is 0.371. The van der Waals surface area contributed by atoms with Crippen molar-refractivity contribution in [2.45, 2.75) is 25.5 Å². The van der Waals surface area contributed by atoms with Crippen molar-refractivity contribution in [1.29, 1.82) is 0 Å². The number of aliphatic hydroxyl groups is 1. The molecule has 0 rings (SSSR count). The Hall–Kier alpha value is 0.170. The predicted octanol–water partition coefficient (Wildman–Crippen LogP) is 0.153. The van der Waals surface area contributed by atoms with Crippen LogP contribution in [0.4, 0.5) is 0 Å². The first-order chi connectivity index (χ1) is 4.04. The average molecular weight is 170 g/mol. The number of rotatable bonds is 3. The van der Waals surface area contributed by atoms with Crippen LogP contribution in [0.3, 0.4) is 0 Å². The third kappa shape index (κ3) is 3.37. The summed E-state index contributed by atoms with van der Waals surface area (Å²) < 4.78 is 5.01. The van der Waals surface area contributed by atoms with Gasteiger partial charge in [-0.15, -0.1) is 12.4 Å². The van der Waals surface area contributed by atoms with Crippen LogP contribution in [0.25, 0.3) is 0 Å². The Morgan fingerprint density at radius 3 is 2.10 bits per heavy atom. The molecule has 0 saturated heterocycles. The summed E-state index contributed by atoms with van der Waals surface area (Å²) in [6.45, 7) is 3.64. The summed E-state index contributed by atoms with van der Waals surface area (Å²) in [4.78, 5) is 0. The van der Waals surface area contributed by atoms with Crippen LogP contribution in [-0.4, -0.2) is 30.5 Å². The van der Waals surface area contributed by atoms with Crippen molar-refractivity contribution in [3.8, 4) is 0 Å². The summed E-state index contributed by atoms with van der Waals surface area (Å²) in [5, 5.41) is 8.60. The molecule has 0 bridgehead atoms. The highest BCUT2D eigenvalue weighted by atomic mass is 35.5. The molecular weight excluding hydrogens is 154 g/mol. The van der Waals surface area contributed by atoms with E-state index < -0.39 is 5.60 Å². The van der Waals surface area contributed by atoms with Crippen molar-refractivity contribution in [2.24, 2.45) is 5.73 Å². The number of ether oxygens (including phenoxy) is 1. The van der Waals surface area contributed by atoms with Crippen LogP contribution < -0.4 is 5.73 Å². The van der Waals surface area contributed by atoms with E-state index in [1.54, 1.807) is 7.11 Å². The highest BCUT2D eigenvalue weighted by molar-refractivity contribution is 5.85. The molecule has 0 aliphatic rings. The van der Waals surface area contributed by atoms with Gasteiger partial charge in [-0.3, -0.25) is 0 Å². The van der Waals surface area contributed by atoms with Gasteiger partial charge in [0.1, 0.15) is 0 Å². The highest BCUT2D eigenvalue weighted by Gasteiger charge is 2.24. The molecular formula is C6H16ClNO2. The molecule has 0 heterocycles. The Labute approximate surface area is 68.0 Å². The summed E-state index contributed by atoms with van der Waals surface area (Å²) in [5.74, 6) is 0. The molecule has 10 heavy (non-hydrogen) atoms. The molecule has 1 atom stereocenters. The summed E-state index contributed by atoms with van der Waals surface area (Å²) in [5.41, 5.74) is 5.06. The van der Waals surface area contributed by atoms with Gasteiger partial charge in [0.25, 0.3) is 0 Å². The summed E-state index contributed by atoms with van der Waals surface area (Å²) in [6.07, 6.45) is 0. The summed E-state index contributed by atoms with van der Waals surface area (Å²) in [6, 6.07) is -0.303. The molecule has 0 fully saturated rings. The minimum atomic E-state index is -0.422. The first-order valence-corrected chi connectivity index (χ1v) is 2.96. The second-order valence-corrected chi connectivity index (χ2v) is 2.60. The van der Waals surface area contributed by atoms with E-state index in [0.29, 0.717) is 0 Å². The van der Waals surface area contributed by atoms with Gasteiger partial charge < -0.3 is 15.6 Å². The van der Waals surface area contributed by atoms with Gasteiger partial charge in [0.2, 0.25) is 0 Å². The van der Waals surface area contributed by atoms with Gasteiger partial charge in [0.15, 0.2) is 0 Å². The number of aliphatic hydroxyl groups excluding tert-OH is 1. The monoisotopic (exact) mass is 169 g/mol. The quantitative estimate of drug-likeness (QED) is 0.633. The first kappa shape index (κ1) is 12.8. The maximum atomic E-state index is 8.60. The van der Waals surface area contributed by atoms with Crippen LogP contribution in [0.15, 0.2) is 0 Å². The molecule has 4 heteroatoms. The van der Waals surface area contributed by atoms with E-state index in [1.165, 1.54) is 0 Å². The fraction of sp³-hybridized carbons (Fsp3) is 1.00. The summed E-state index contributed by atoms with van der Waals surface area (Å²) in [7, 11) is 1.58. The molecule has 3 N–H and O–H groups in total. The lowest BCUT2D eigenvalue weighted by molar-refractivity contribution is -0.0138. The topological polar surface area (TPSA) is 55.5 Å². The molecule has 0 aliphatic heterocycles. The Balaban J connectivity index is 0. The van der Waals surface area contributed by atoms with E-state index in [-0.39, 0.29) is 25.1 Å². The van der Waals surface area contributed by atoms with E-state index in [1.807, 2.05) is 13.8 Å². The van der Waals surface area contributed by atoms with Crippen LogP contribution in [0, 0.1) is 0 Å². The maximum Gasteiger partial charge on any atom is 0.0795 e. The van der Waals surface area contributed by atoms with Crippen LogP contribution in [-0.2, 0) is 4.74 Å². The molecule has 0 spiro atoms. The summed E-state index contributed by atoms with van der Waals surface area (Å²) >= 11 is 0. The number of hydrogen-bond donors (Lipinski definition) is 2. The van der Waals surface area contributed by atoms with Gasteiger partial charge in [-0.05, 0) is 13.8 Å². The molecule has 0 aromatic rings. The second kappa shape index (κ2) is 4.91. The zero-order valence-corrected chi connectivity index (χ0v) is 7.44. The van der Waals surface area contributed by atoms with Crippen molar-refractivity contribution in [1.82, 2.24) is 0 Å². The molecule has 1 unspecified atom stereocenters. The predicted molar refractivity (Wildman–Crippen MR) is 43.4 cm³/mol. The van der Waals surface area contributed by atoms with Gasteiger partial charge in [0.05, 0.1) is 18.2 Å². The van der Waals surface area contributed by atoms with Crippen molar-refractivity contribution in [3.63, 3.8) is 0 Å². The Morgan fingerprint density at radius 1 is 1.60 bits per heavy atom. The van der Waals surface area contributed by atoms with E-state index in [4.69, 9.17) is 15.6 Å². The zero-order valence-electron chi connectivity index (χ0n) is 6.63. The van der Waals surface area contributed by atoms with E-state index in [2.05, 4.69) is 0 Å². The van der Waals surface area contributed by atoms with Crippen LogP contribution in [0.2, 0.25) is 0 Å². The molecule has 0 aromatic carbocycles. The lowest BCUT2D eigenvalue weighted by Crippen LogP contribution is -2.47. The third-order valence-corrected chi connectivity index (χ3v) is 1.62. The zero-order chi connectivity index (χ0) is 7.49. The molecule has 3 nitrogen and oxygen atoms in total. The van der Waals surface area contributed by atoms with Crippen molar-refractivity contribution in [2.75, 3.05) is 13.7 Å². The van der Waals surface area contributed by atoms with Gasteiger partial charge in [-0.2, -0.15) is 0 Å². The van der Waals surface area contributed by atoms with Crippen LogP contribution in [0.1, 0.15) is 13.8 Å². The lowest BCUT2D eigenvalue weighted by Gasteiger charge is -2.28.